The Labute approximate surface area is 156 Å². The van der Waals surface area contributed by atoms with Gasteiger partial charge >= 0.3 is 0 Å². The molecule has 1 saturated carbocycles. The lowest BCUT2D eigenvalue weighted by Gasteiger charge is -2.25. The van der Waals surface area contributed by atoms with Crippen LogP contribution in [0.1, 0.15) is 38.1 Å². The number of nitrogens with zero attached hydrogens (tertiary/aromatic N) is 3. The number of rotatable bonds is 3. The second kappa shape index (κ2) is 7.54. The summed E-state index contributed by atoms with van der Waals surface area (Å²) in [7, 11) is 0. The Bertz CT molecular complexity index is 891. The van der Waals surface area contributed by atoms with Gasteiger partial charge in [-0.3, -0.25) is 4.98 Å². The first-order chi connectivity index (χ1) is 12.3. The summed E-state index contributed by atoms with van der Waals surface area (Å²) >= 11 is 7.77. The van der Waals surface area contributed by atoms with Gasteiger partial charge in [0, 0.05) is 22.6 Å². The third-order valence-electron chi connectivity index (χ3n) is 4.69. The minimum Gasteiger partial charge on any atom is -0.313 e. The normalized spacial score (nSPS) is 16.3. The lowest BCUT2D eigenvalue weighted by atomic mass is 9.95. The number of pyridine rings is 1. The number of hydrogen-bond acceptors (Lipinski definition) is 3. The fraction of sp³-hybridized carbons (Fsp3) is 0.300. The van der Waals surface area contributed by atoms with Gasteiger partial charge in [0.1, 0.15) is 0 Å². The molecule has 3 nitrogen and oxygen atoms in total. The molecule has 2 heterocycles. The smallest absolute Gasteiger partial charge is 0.190 e. The van der Waals surface area contributed by atoms with Gasteiger partial charge in [0.15, 0.2) is 4.80 Å². The van der Waals surface area contributed by atoms with Crippen molar-refractivity contribution >= 4 is 28.6 Å². The third-order valence-corrected chi connectivity index (χ3v) is 5.78. The van der Waals surface area contributed by atoms with E-state index in [-0.39, 0.29) is 0 Å². The zero-order valence-corrected chi connectivity index (χ0v) is 15.5. The van der Waals surface area contributed by atoms with Gasteiger partial charge in [-0.1, -0.05) is 43.0 Å². The van der Waals surface area contributed by atoms with Crippen LogP contribution < -0.4 is 4.80 Å². The number of thiazole rings is 1. The average Bonchev–Trinajstić information content (AvgIpc) is 3.07. The van der Waals surface area contributed by atoms with Crippen LogP contribution in [0.2, 0.25) is 5.02 Å². The zero-order valence-electron chi connectivity index (χ0n) is 13.9. The van der Waals surface area contributed by atoms with Crippen LogP contribution in [-0.4, -0.2) is 9.55 Å². The summed E-state index contributed by atoms with van der Waals surface area (Å²) in [4.78, 5) is 10.1. The molecule has 1 fully saturated rings. The zero-order chi connectivity index (χ0) is 17.1. The molecule has 3 aromatic rings. The summed E-state index contributed by atoms with van der Waals surface area (Å²) in [5.41, 5.74) is 3.33. The van der Waals surface area contributed by atoms with Crippen molar-refractivity contribution in [3.05, 3.63) is 64.0 Å². The van der Waals surface area contributed by atoms with Gasteiger partial charge in [0.05, 0.1) is 17.6 Å². The molecule has 5 heteroatoms. The van der Waals surface area contributed by atoms with Crippen molar-refractivity contribution in [1.29, 1.82) is 0 Å². The Balaban J connectivity index is 1.84. The van der Waals surface area contributed by atoms with Crippen LogP contribution in [0.3, 0.4) is 0 Å². The number of aromatic nitrogens is 2. The topological polar surface area (TPSA) is 30.2 Å². The van der Waals surface area contributed by atoms with Gasteiger partial charge < -0.3 is 4.57 Å². The number of hydrogen-bond donors (Lipinski definition) is 0. The second-order valence-corrected chi connectivity index (χ2v) is 7.67. The van der Waals surface area contributed by atoms with E-state index < -0.39 is 0 Å². The SMILES string of the molecule is Clc1ccc(-c2csc(=Nc3cccnc3)n2C2CCCCC2)cc1. The Morgan fingerprint density at radius 2 is 1.88 bits per heavy atom. The average molecular weight is 370 g/mol. The lowest BCUT2D eigenvalue weighted by molar-refractivity contribution is 0.351. The van der Waals surface area contributed by atoms with Crippen molar-refractivity contribution in [3.8, 4) is 11.3 Å². The Morgan fingerprint density at radius 3 is 2.60 bits per heavy atom. The molecule has 0 atom stereocenters. The van der Waals surface area contributed by atoms with Crippen LogP contribution >= 0.6 is 22.9 Å². The fourth-order valence-electron chi connectivity index (χ4n) is 3.46. The van der Waals surface area contributed by atoms with E-state index >= 15 is 0 Å². The van der Waals surface area contributed by atoms with Gasteiger partial charge in [0.2, 0.25) is 0 Å². The first kappa shape index (κ1) is 16.6. The van der Waals surface area contributed by atoms with Crippen molar-refractivity contribution in [2.24, 2.45) is 4.99 Å². The van der Waals surface area contributed by atoms with Crippen molar-refractivity contribution in [2.45, 2.75) is 38.1 Å². The highest BCUT2D eigenvalue weighted by Gasteiger charge is 2.20. The molecule has 0 saturated heterocycles. The van der Waals surface area contributed by atoms with E-state index in [0.29, 0.717) is 6.04 Å². The largest absolute Gasteiger partial charge is 0.313 e. The van der Waals surface area contributed by atoms with E-state index in [1.165, 1.54) is 43.4 Å². The van der Waals surface area contributed by atoms with E-state index in [1.807, 2.05) is 30.5 Å². The van der Waals surface area contributed by atoms with Gasteiger partial charge in [-0.05, 0) is 42.7 Å². The highest BCUT2D eigenvalue weighted by Crippen LogP contribution is 2.32. The molecule has 0 unspecified atom stereocenters. The van der Waals surface area contributed by atoms with Crippen LogP contribution in [0, 0.1) is 0 Å². The molecular formula is C20H20ClN3S. The Kier molecular flexibility index (Phi) is 4.99. The summed E-state index contributed by atoms with van der Waals surface area (Å²) < 4.78 is 2.43. The minimum atomic E-state index is 0.515. The maximum atomic E-state index is 6.07. The first-order valence-corrected chi connectivity index (χ1v) is 9.98. The summed E-state index contributed by atoms with van der Waals surface area (Å²) in [5, 5.41) is 2.98. The maximum absolute atomic E-state index is 6.07. The highest BCUT2D eigenvalue weighted by atomic mass is 35.5. The fourth-order valence-corrected chi connectivity index (χ4v) is 4.57. The molecule has 0 amide bonds. The standard InChI is InChI=1S/C20H20ClN3S/c21-16-10-8-15(9-11-16)19-14-25-20(23-17-5-4-12-22-13-17)24(19)18-6-2-1-3-7-18/h4-5,8-14,18H,1-3,6-7H2. The van der Waals surface area contributed by atoms with Crippen molar-refractivity contribution in [1.82, 2.24) is 9.55 Å². The van der Waals surface area contributed by atoms with E-state index in [2.05, 4.69) is 27.1 Å². The molecule has 1 aliphatic rings. The maximum Gasteiger partial charge on any atom is 0.190 e. The van der Waals surface area contributed by atoms with Gasteiger partial charge in [-0.2, -0.15) is 0 Å². The molecule has 128 valence electrons. The quantitative estimate of drug-likeness (QED) is 0.556. The van der Waals surface area contributed by atoms with Crippen LogP contribution in [0.25, 0.3) is 11.3 Å². The van der Waals surface area contributed by atoms with E-state index in [9.17, 15) is 0 Å². The molecule has 1 aliphatic carbocycles. The monoisotopic (exact) mass is 369 g/mol. The molecule has 25 heavy (non-hydrogen) atoms. The van der Waals surface area contributed by atoms with Crippen molar-refractivity contribution < 1.29 is 0 Å². The number of halogens is 1. The molecule has 0 spiro atoms. The summed E-state index contributed by atoms with van der Waals surface area (Å²) in [6.07, 6.45) is 9.95. The van der Waals surface area contributed by atoms with Crippen LogP contribution in [-0.2, 0) is 0 Å². The molecule has 2 aromatic heterocycles. The molecule has 1 aromatic carbocycles. The highest BCUT2D eigenvalue weighted by molar-refractivity contribution is 7.07. The van der Waals surface area contributed by atoms with Crippen molar-refractivity contribution in [3.63, 3.8) is 0 Å². The number of benzene rings is 1. The molecule has 0 N–H and O–H groups in total. The predicted octanol–water partition coefficient (Wildman–Crippen LogP) is 6.00. The summed E-state index contributed by atoms with van der Waals surface area (Å²) in [5.74, 6) is 0. The molecule has 0 radical (unpaired) electrons. The van der Waals surface area contributed by atoms with Gasteiger partial charge in [-0.25, -0.2) is 4.99 Å². The molecule has 0 bridgehead atoms. The predicted molar refractivity (Wildman–Crippen MR) is 104 cm³/mol. The van der Waals surface area contributed by atoms with Crippen LogP contribution in [0.15, 0.2) is 59.2 Å². The summed E-state index contributed by atoms with van der Waals surface area (Å²) in [6, 6.07) is 12.5. The molecular weight excluding hydrogens is 350 g/mol. The lowest BCUT2D eigenvalue weighted by Crippen LogP contribution is -2.23. The Hall–Kier alpha value is -1.91. The van der Waals surface area contributed by atoms with Gasteiger partial charge in [-0.15, -0.1) is 11.3 Å². The van der Waals surface area contributed by atoms with E-state index in [4.69, 9.17) is 16.6 Å². The first-order valence-electron chi connectivity index (χ1n) is 8.72. The third kappa shape index (κ3) is 3.70. The van der Waals surface area contributed by atoms with Crippen molar-refractivity contribution in [2.75, 3.05) is 0 Å². The molecule has 4 rings (SSSR count). The van der Waals surface area contributed by atoms with Gasteiger partial charge in [0.25, 0.3) is 0 Å². The minimum absolute atomic E-state index is 0.515. The molecule has 0 aliphatic heterocycles. The summed E-state index contributed by atoms with van der Waals surface area (Å²) in [6.45, 7) is 0. The second-order valence-electron chi connectivity index (χ2n) is 6.40. The van der Waals surface area contributed by atoms with E-state index in [1.54, 1.807) is 17.5 Å². The van der Waals surface area contributed by atoms with Crippen LogP contribution in [0.5, 0.6) is 0 Å². The van der Waals surface area contributed by atoms with Crippen LogP contribution in [0.4, 0.5) is 5.69 Å². The van der Waals surface area contributed by atoms with E-state index in [0.717, 1.165) is 15.5 Å². The Morgan fingerprint density at radius 1 is 1.08 bits per heavy atom.